The molecule has 0 radical (unpaired) electrons. The lowest BCUT2D eigenvalue weighted by atomic mass is 10.0. The Hall–Kier alpha value is -3.33. The van der Waals surface area contributed by atoms with E-state index in [0.717, 1.165) is 109 Å². The number of rotatable bonds is 55. The Kier molecular flexibility index (Phi) is 53.5. The number of phosphoric ester groups is 1. The zero-order valence-electron chi connectivity index (χ0n) is 50.4. The number of esters is 1. The Labute approximate surface area is 474 Å². The zero-order chi connectivity index (χ0) is 56.4. The lowest BCUT2D eigenvalue weighted by Gasteiger charge is -2.27. The third-order valence-corrected chi connectivity index (χ3v) is 14.2. The van der Waals surface area contributed by atoms with Gasteiger partial charge in [-0.2, -0.15) is 0 Å². The Balaban J connectivity index is 5.31. The molecule has 0 heterocycles. The van der Waals surface area contributed by atoms with Crippen molar-refractivity contribution in [1.29, 1.82) is 0 Å². The predicted molar refractivity (Wildman–Crippen MR) is 332 cm³/mol. The van der Waals surface area contributed by atoms with Crippen LogP contribution in [0.15, 0.2) is 109 Å². The van der Waals surface area contributed by atoms with Crippen molar-refractivity contribution in [3.05, 3.63) is 109 Å². The van der Waals surface area contributed by atoms with Gasteiger partial charge >= 0.3 is 13.8 Å². The van der Waals surface area contributed by atoms with E-state index in [1.165, 1.54) is 103 Å². The van der Waals surface area contributed by atoms with Crippen LogP contribution in [0, 0.1) is 0 Å². The van der Waals surface area contributed by atoms with Gasteiger partial charge in [-0.1, -0.05) is 233 Å². The summed E-state index contributed by atoms with van der Waals surface area (Å²) in [7, 11) is 1.45. The maximum Gasteiger partial charge on any atom is 0.472 e. The van der Waals surface area contributed by atoms with E-state index in [2.05, 4.69) is 123 Å². The minimum absolute atomic E-state index is 0.0269. The number of nitrogens with one attached hydrogen (secondary N) is 1. The van der Waals surface area contributed by atoms with Crippen LogP contribution in [0.3, 0.4) is 0 Å². The average Bonchev–Trinajstić information content (AvgIpc) is 3.39. The standard InChI is InChI=1S/C67H117N2O7P/c1-7-10-13-16-19-22-25-27-29-31-33-34-36-38-40-42-45-48-51-54-57-60-67(71)76-65(58-55-52-49-46-43-24-21-18-15-12-9-3)64(63-75-77(72,73)74-62-61-69(4,5)6)68-66(70)59-56-53-50-47-44-41-39-37-35-32-30-28-26-23-20-17-14-11-8-2/h10,13,19-20,22-23,27-30,33-34,38,40,45,48,55,58,64-65H,7-9,11-12,14-18,21,24-26,31-32,35-37,39,41-44,46-47,49-54,56-57,59-63H2,1-6H3,(H-,68,70,72,73)/p+1/b13-10-,22-19-,23-20-,29-27-,30-28-,34-33-,40-38-,48-45-,58-55+. The van der Waals surface area contributed by atoms with Gasteiger partial charge < -0.3 is 19.4 Å². The van der Waals surface area contributed by atoms with Crippen LogP contribution in [0.25, 0.3) is 0 Å². The van der Waals surface area contributed by atoms with Gasteiger partial charge in [-0.15, -0.1) is 0 Å². The second kappa shape index (κ2) is 56.0. The van der Waals surface area contributed by atoms with E-state index in [4.69, 9.17) is 13.8 Å². The van der Waals surface area contributed by atoms with Gasteiger partial charge in [0.05, 0.1) is 33.8 Å². The number of hydrogen-bond donors (Lipinski definition) is 2. The van der Waals surface area contributed by atoms with Crippen LogP contribution < -0.4 is 5.32 Å². The number of hydrogen-bond acceptors (Lipinski definition) is 6. The Morgan fingerprint density at radius 1 is 0.468 bits per heavy atom. The summed E-state index contributed by atoms with van der Waals surface area (Å²) in [6.45, 7) is 6.83. The minimum Gasteiger partial charge on any atom is -0.456 e. The number of nitrogens with zero attached hydrogens (tertiary/aromatic N) is 1. The number of carbonyl (C=O) groups excluding carboxylic acids is 2. The van der Waals surface area contributed by atoms with E-state index >= 15 is 0 Å². The molecule has 0 saturated carbocycles. The van der Waals surface area contributed by atoms with Crippen molar-refractivity contribution < 1.29 is 37.3 Å². The first-order valence-corrected chi connectivity index (χ1v) is 32.7. The molecule has 0 aromatic heterocycles. The first-order valence-electron chi connectivity index (χ1n) is 31.2. The van der Waals surface area contributed by atoms with Crippen LogP contribution in [0.5, 0.6) is 0 Å². The summed E-state index contributed by atoms with van der Waals surface area (Å²) in [5, 5.41) is 3.04. The number of carbonyl (C=O) groups is 2. The maximum absolute atomic E-state index is 13.5. The fourth-order valence-corrected chi connectivity index (χ4v) is 9.12. The fraction of sp³-hybridized carbons (Fsp3) is 0.701. The van der Waals surface area contributed by atoms with Gasteiger partial charge in [0.2, 0.25) is 5.91 Å². The number of ether oxygens (including phenoxy) is 1. The minimum atomic E-state index is -4.47. The molecule has 0 rings (SSSR count). The average molecular weight is 1090 g/mol. The molecule has 0 saturated heterocycles. The smallest absolute Gasteiger partial charge is 0.456 e. The highest BCUT2D eigenvalue weighted by Crippen LogP contribution is 2.43. The van der Waals surface area contributed by atoms with Gasteiger partial charge in [0.25, 0.3) is 0 Å². The number of amides is 1. The zero-order valence-corrected chi connectivity index (χ0v) is 51.3. The highest BCUT2D eigenvalue weighted by molar-refractivity contribution is 7.47. The quantitative estimate of drug-likeness (QED) is 0.0205. The van der Waals surface area contributed by atoms with Gasteiger partial charge in [0, 0.05) is 12.8 Å². The molecule has 2 N–H and O–H groups in total. The first-order chi connectivity index (χ1) is 37.4. The summed E-state index contributed by atoms with van der Waals surface area (Å²) in [4.78, 5) is 37.7. The molecule has 0 spiro atoms. The van der Waals surface area contributed by atoms with Gasteiger partial charge in [0.1, 0.15) is 19.3 Å². The normalized spacial score (nSPS) is 14.4. The van der Waals surface area contributed by atoms with Crippen molar-refractivity contribution in [2.75, 3.05) is 40.9 Å². The SMILES string of the molecule is CC/C=C\C/C=C\C/C=C\C/C=C\C/C=C\C/C=C\CCCCC(=O)OC(/C=C/CCCCCCCCCCC)C(COP(=O)(O)OCC[N+](C)(C)C)NC(=O)CCCCCCCCCCC/C=C\C/C=C\CCCCC. The molecule has 9 nitrogen and oxygen atoms in total. The van der Waals surface area contributed by atoms with Crippen molar-refractivity contribution in [1.82, 2.24) is 5.32 Å². The molecule has 0 fully saturated rings. The summed E-state index contributed by atoms with van der Waals surface area (Å²) in [5.41, 5.74) is 0. The summed E-state index contributed by atoms with van der Waals surface area (Å²) in [5.74, 6) is -0.566. The number of allylic oxidation sites excluding steroid dienone is 17. The predicted octanol–water partition coefficient (Wildman–Crippen LogP) is 19.3. The van der Waals surface area contributed by atoms with Crippen LogP contribution in [-0.4, -0.2) is 74.3 Å². The van der Waals surface area contributed by atoms with Crippen molar-refractivity contribution in [3.63, 3.8) is 0 Å². The van der Waals surface area contributed by atoms with E-state index in [0.29, 0.717) is 23.9 Å². The number of phosphoric acid groups is 1. The molecule has 0 aliphatic heterocycles. The van der Waals surface area contributed by atoms with Crippen LogP contribution in [0.4, 0.5) is 0 Å². The molecule has 10 heteroatoms. The topological polar surface area (TPSA) is 111 Å². The lowest BCUT2D eigenvalue weighted by Crippen LogP contribution is -2.47. The highest BCUT2D eigenvalue weighted by Gasteiger charge is 2.30. The molecule has 0 aromatic rings. The van der Waals surface area contributed by atoms with Crippen LogP contribution in [-0.2, 0) is 27.9 Å². The summed E-state index contributed by atoms with van der Waals surface area (Å²) < 4.78 is 30.6. The Bertz CT molecular complexity index is 1690. The monoisotopic (exact) mass is 1090 g/mol. The van der Waals surface area contributed by atoms with E-state index in [-0.39, 0.29) is 31.5 Å². The molecular weight excluding hydrogens is 976 g/mol. The Morgan fingerprint density at radius 2 is 0.831 bits per heavy atom. The summed E-state index contributed by atoms with van der Waals surface area (Å²) >= 11 is 0. The number of quaternary nitrogens is 1. The number of likely N-dealkylation sites (N-methyl/N-ethyl adjacent to an activating group) is 1. The molecule has 0 aromatic carbocycles. The molecule has 0 bridgehead atoms. The van der Waals surface area contributed by atoms with Gasteiger partial charge in [-0.05, 0) is 115 Å². The van der Waals surface area contributed by atoms with E-state index in [9.17, 15) is 19.0 Å². The summed E-state index contributed by atoms with van der Waals surface area (Å²) in [6.07, 6.45) is 76.6. The Morgan fingerprint density at radius 3 is 1.29 bits per heavy atom. The van der Waals surface area contributed by atoms with Gasteiger partial charge in [-0.25, -0.2) is 4.57 Å². The van der Waals surface area contributed by atoms with Crippen LogP contribution >= 0.6 is 7.82 Å². The van der Waals surface area contributed by atoms with Crippen molar-refractivity contribution in [3.8, 4) is 0 Å². The maximum atomic E-state index is 13.5. The first kappa shape index (κ1) is 73.7. The van der Waals surface area contributed by atoms with Crippen molar-refractivity contribution in [2.45, 2.75) is 264 Å². The lowest BCUT2D eigenvalue weighted by molar-refractivity contribution is -0.870. The molecule has 3 atom stereocenters. The van der Waals surface area contributed by atoms with Crippen LogP contribution in [0.1, 0.15) is 252 Å². The largest absolute Gasteiger partial charge is 0.472 e. The summed E-state index contributed by atoms with van der Waals surface area (Å²) in [6, 6.07) is -0.875. The molecule has 0 aliphatic carbocycles. The van der Waals surface area contributed by atoms with E-state index < -0.39 is 20.0 Å². The van der Waals surface area contributed by atoms with Crippen molar-refractivity contribution >= 4 is 19.7 Å². The molecule has 3 unspecified atom stereocenters. The van der Waals surface area contributed by atoms with Gasteiger partial charge in [-0.3, -0.25) is 18.6 Å². The third-order valence-electron chi connectivity index (χ3n) is 13.2. The van der Waals surface area contributed by atoms with E-state index in [1.54, 1.807) is 0 Å². The fourth-order valence-electron chi connectivity index (χ4n) is 8.38. The molecular formula is C67H118N2O7P+. The van der Waals surface area contributed by atoms with Crippen LogP contribution in [0.2, 0.25) is 0 Å². The van der Waals surface area contributed by atoms with Gasteiger partial charge in [0.15, 0.2) is 0 Å². The molecule has 1 amide bonds. The van der Waals surface area contributed by atoms with Crippen molar-refractivity contribution in [2.24, 2.45) is 0 Å². The molecule has 442 valence electrons. The third kappa shape index (κ3) is 57.2. The second-order valence-corrected chi connectivity index (χ2v) is 23.3. The number of unbranched alkanes of at least 4 members (excludes halogenated alkanes) is 23. The highest BCUT2D eigenvalue weighted by atomic mass is 31.2. The molecule has 0 aliphatic rings. The second-order valence-electron chi connectivity index (χ2n) is 21.8. The molecule has 77 heavy (non-hydrogen) atoms. The van der Waals surface area contributed by atoms with E-state index in [1.807, 2.05) is 33.3 Å².